The second-order valence-electron chi connectivity index (χ2n) is 6.89. The number of nitrogens with one attached hydrogen (secondary N) is 2. The summed E-state index contributed by atoms with van der Waals surface area (Å²) in [6.45, 7) is 6.14. The van der Waals surface area contributed by atoms with E-state index < -0.39 is 0 Å². The van der Waals surface area contributed by atoms with Crippen molar-refractivity contribution in [3.05, 3.63) is 70.2 Å². The molecule has 0 aromatic heterocycles. The van der Waals surface area contributed by atoms with Crippen molar-refractivity contribution in [1.29, 1.82) is 0 Å². The van der Waals surface area contributed by atoms with Gasteiger partial charge >= 0.3 is 0 Å². The third-order valence-electron chi connectivity index (χ3n) is 4.88. The predicted octanol–water partition coefficient (Wildman–Crippen LogP) is 3.70. The molecule has 1 saturated heterocycles. The Bertz CT molecular complexity index is 781. The molecule has 0 aliphatic carbocycles. The second-order valence-corrected chi connectivity index (χ2v) is 7.33. The molecule has 1 aliphatic rings. The van der Waals surface area contributed by atoms with E-state index in [-0.39, 0.29) is 24.0 Å². The van der Waals surface area contributed by atoms with E-state index in [1.807, 2.05) is 18.2 Å². The van der Waals surface area contributed by atoms with Crippen LogP contribution in [0.5, 0.6) is 0 Å². The summed E-state index contributed by atoms with van der Waals surface area (Å²) in [4.78, 5) is 6.78. The van der Waals surface area contributed by atoms with E-state index in [4.69, 9.17) is 16.3 Å². The monoisotopic (exact) mass is 528 g/mol. The summed E-state index contributed by atoms with van der Waals surface area (Å²) in [6, 6.07) is 16.6. The van der Waals surface area contributed by atoms with Crippen molar-refractivity contribution in [2.45, 2.75) is 19.5 Å². The molecule has 0 atom stereocenters. The maximum Gasteiger partial charge on any atom is 0.191 e. The standard InChI is InChI=1S/C22H29ClN4O.HI/c1-24-22(25-10-9-18-5-4-8-21(23)15-18)26-16-19-6-2-3-7-20(19)17-27-11-13-28-14-12-27;/h2-8,15H,9-14,16-17H2,1H3,(H2,24,25,26);1H. The van der Waals surface area contributed by atoms with Gasteiger partial charge in [-0.1, -0.05) is 48.0 Å². The average Bonchev–Trinajstić information content (AvgIpc) is 2.72. The van der Waals surface area contributed by atoms with Crippen LogP contribution in [0.3, 0.4) is 0 Å². The molecule has 7 heteroatoms. The van der Waals surface area contributed by atoms with E-state index in [1.165, 1.54) is 16.7 Å². The van der Waals surface area contributed by atoms with Crippen LogP contribution < -0.4 is 10.6 Å². The second kappa shape index (κ2) is 13.1. The molecule has 0 bridgehead atoms. The molecular weight excluding hydrogens is 499 g/mol. The Balaban J connectivity index is 0.00000300. The third-order valence-corrected chi connectivity index (χ3v) is 5.12. The van der Waals surface area contributed by atoms with Gasteiger partial charge in [-0.05, 0) is 35.2 Å². The zero-order chi connectivity index (χ0) is 19.6. The molecule has 29 heavy (non-hydrogen) atoms. The van der Waals surface area contributed by atoms with Gasteiger partial charge in [-0.2, -0.15) is 0 Å². The highest BCUT2D eigenvalue weighted by atomic mass is 127. The van der Waals surface area contributed by atoms with Gasteiger partial charge < -0.3 is 15.4 Å². The van der Waals surface area contributed by atoms with Crippen molar-refractivity contribution >= 4 is 41.5 Å². The van der Waals surface area contributed by atoms with Gasteiger partial charge in [0, 0.05) is 44.8 Å². The molecule has 2 aromatic rings. The molecule has 2 aromatic carbocycles. The van der Waals surface area contributed by atoms with Crippen LogP contribution in [-0.4, -0.2) is 50.8 Å². The first-order chi connectivity index (χ1) is 13.7. The van der Waals surface area contributed by atoms with Gasteiger partial charge in [0.25, 0.3) is 0 Å². The number of guanidine groups is 1. The van der Waals surface area contributed by atoms with Crippen LogP contribution >= 0.6 is 35.6 Å². The van der Waals surface area contributed by atoms with Gasteiger partial charge in [0.2, 0.25) is 0 Å². The minimum absolute atomic E-state index is 0. The van der Waals surface area contributed by atoms with E-state index >= 15 is 0 Å². The lowest BCUT2D eigenvalue weighted by Crippen LogP contribution is -2.38. The normalized spacial score (nSPS) is 14.9. The summed E-state index contributed by atoms with van der Waals surface area (Å²) in [7, 11) is 1.80. The van der Waals surface area contributed by atoms with Crippen LogP contribution in [0.4, 0.5) is 0 Å². The van der Waals surface area contributed by atoms with Crippen LogP contribution in [0.25, 0.3) is 0 Å². The number of benzene rings is 2. The van der Waals surface area contributed by atoms with Crippen molar-refractivity contribution in [2.75, 3.05) is 39.9 Å². The van der Waals surface area contributed by atoms with Crippen molar-refractivity contribution < 1.29 is 4.74 Å². The number of morpholine rings is 1. The van der Waals surface area contributed by atoms with E-state index in [1.54, 1.807) is 7.05 Å². The minimum Gasteiger partial charge on any atom is -0.379 e. The van der Waals surface area contributed by atoms with Crippen molar-refractivity contribution in [1.82, 2.24) is 15.5 Å². The highest BCUT2D eigenvalue weighted by Gasteiger charge is 2.12. The van der Waals surface area contributed by atoms with Crippen molar-refractivity contribution in [3.8, 4) is 0 Å². The summed E-state index contributed by atoms with van der Waals surface area (Å²) in [5, 5.41) is 7.58. The van der Waals surface area contributed by atoms with Crippen molar-refractivity contribution in [3.63, 3.8) is 0 Å². The van der Waals surface area contributed by atoms with E-state index in [0.29, 0.717) is 0 Å². The maximum atomic E-state index is 6.05. The summed E-state index contributed by atoms with van der Waals surface area (Å²) in [5.41, 5.74) is 3.87. The molecule has 0 radical (unpaired) electrons. The van der Waals surface area contributed by atoms with Crippen LogP contribution in [0.15, 0.2) is 53.5 Å². The molecule has 0 saturated carbocycles. The van der Waals surface area contributed by atoms with Crippen LogP contribution in [-0.2, 0) is 24.2 Å². The molecule has 2 N–H and O–H groups in total. The van der Waals surface area contributed by atoms with Crippen molar-refractivity contribution in [2.24, 2.45) is 4.99 Å². The minimum atomic E-state index is 0. The molecule has 0 spiro atoms. The number of rotatable bonds is 7. The maximum absolute atomic E-state index is 6.05. The van der Waals surface area contributed by atoms with E-state index in [0.717, 1.165) is 63.3 Å². The largest absolute Gasteiger partial charge is 0.379 e. The average molecular weight is 529 g/mol. The van der Waals surface area contributed by atoms with Gasteiger partial charge in [-0.15, -0.1) is 24.0 Å². The quantitative estimate of drug-likeness (QED) is 0.327. The fourth-order valence-electron chi connectivity index (χ4n) is 3.30. The Morgan fingerprint density at radius 1 is 1.07 bits per heavy atom. The highest BCUT2D eigenvalue weighted by molar-refractivity contribution is 14.0. The fraction of sp³-hybridized carbons (Fsp3) is 0.409. The molecule has 1 fully saturated rings. The number of hydrogen-bond donors (Lipinski definition) is 2. The van der Waals surface area contributed by atoms with Crippen LogP contribution in [0.2, 0.25) is 5.02 Å². The van der Waals surface area contributed by atoms with E-state index in [9.17, 15) is 0 Å². The van der Waals surface area contributed by atoms with Gasteiger partial charge in [0.1, 0.15) is 0 Å². The Morgan fingerprint density at radius 2 is 1.83 bits per heavy atom. The number of hydrogen-bond acceptors (Lipinski definition) is 3. The molecule has 1 aliphatic heterocycles. The Hall–Kier alpha value is -1.35. The summed E-state index contributed by atoms with van der Waals surface area (Å²) >= 11 is 6.05. The molecule has 1 heterocycles. The first-order valence-corrected chi connectivity index (χ1v) is 10.2. The summed E-state index contributed by atoms with van der Waals surface area (Å²) in [6.07, 6.45) is 0.898. The number of ether oxygens (including phenoxy) is 1. The lowest BCUT2D eigenvalue weighted by atomic mass is 10.1. The lowest BCUT2D eigenvalue weighted by molar-refractivity contribution is 0.0341. The molecule has 3 rings (SSSR count). The zero-order valence-electron chi connectivity index (χ0n) is 16.9. The Morgan fingerprint density at radius 3 is 2.55 bits per heavy atom. The SMILES string of the molecule is CN=C(NCCc1cccc(Cl)c1)NCc1ccccc1CN1CCOCC1.I. The number of aliphatic imine (C=N–C) groups is 1. The molecule has 5 nitrogen and oxygen atoms in total. The van der Waals surface area contributed by atoms with Gasteiger partial charge in [-0.25, -0.2) is 0 Å². The predicted molar refractivity (Wildman–Crippen MR) is 131 cm³/mol. The Kier molecular flexibility index (Phi) is 10.8. The van der Waals surface area contributed by atoms with Crippen LogP contribution in [0.1, 0.15) is 16.7 Å². The molecule has 0 amide bonds. The number of nitrogens with zero attached hydrogens (tertiary/aromatic N) is 2. The van der Waals surface area contributed by atoms with E-state index in [2.05, 4.69) is 50.9 Å². The van der Waals surface area contributed by atoms with Gasteiger partial charge in [-0.3, -0.25) is 9.89 Å². The first kappa shape index (κ1) is 23.9. The summed E-state index contributed by atoms with van der Waals surface area (Å²) < 4.78 is 5.45. The Labute approximate surface area is 195 Å². The third kappa shape index (κ3) is 8.12. The summed E-state index contributed by atoms with van der Waals surface area (Å²) in [5.74, 6) is 0.809. The molecular formula is C22H30ClIN4O. The molecule has 0 unspecified atom stereocenters. The van der Waals surface area contributed by atoms with Gasteiger partial charge in [0.15, 0.2) is 5.96 Å². The lowest BCUT2D eigenvalue weighted by Gasteiger charge is -2.27. The molecule has 158 valence electrons. The van der Waals surface area contributed by atoms with Gasteiger partial charge in [0.05, 0.1) is 13.2 Å². The smallest absolute Gasteiger partial charge is 0.191 e. The zero-order valence-corrected chi connectivity index (χ0v) is 20.0. The number of halogens is 2. The van der Waals surface area contributed by atoms with Crippen LogP contribution in [0, 0.1) is 0 Å². The highest BCUT2D eigenvalue weighted by Crippen LogP contribution is 2.13. The fourth-order valence-corrected chi connectivity index (χ4v) is 3.51. The topological polar surface area (TPSA) is 48.9 Å². The first-order valence-electron chi connectivity index (χ1n) is 9.80.